The molecule has 0 atom stereocenters. The van der Waals surface area contributed by atoms with Crippen molar-refractivity contribution in [1.82, 2.24) is 19.9 Å². The van der Waals surface area contributed by atoms with Crippen LogP contribution in [0.2, 0.25) is 0 Å². The summed E-state index contributed by atoms with van der Waals surface area (Å²) >= 11 is 0. The molecule has 0 amide bonds. The van der Waals surface area contributed by atoms with Crippen LogP contribution in [-0.4, -0.2) is 32.1 Å². The van der Waals surface area contributed by atoms with Crippen molar-refractivity contribution in [3.8, 4) is 0 Å². The Hall–Kier alpha value is -4.21. The van der Waals surface area contributed by atoms with Crippen LogP contribution >= 0.6 is 0 Å². The van der Waals surface area contributed by atoms with Gasteiger partial charge in [-0.1, -0.05) is 62.2 Å². The molecular weight excluding hydrogens is 587 g/mol. The van der Waals surface area contributed by atoms with Gasteiger partial charge in [0.15, 0.2) is 0 Å². The van der Waals surface area contributed by atoms with E-state index in [1.54, 1.807) is 19.1 Å². The fourth-order valence-corrected chi connectivity index (χ4v) is 6.00. The third-order valence-corrected chi connectivity index (χ3v) is 8.27. The summed E-state index contributed by atoms with van der Waals surface area (Å²) in [5.74, 6) is -2.26. The SMILES string of the molecule is C=Cc1c(C)c2cc3nc(c(CC(=O)O)c4[n-]c(cc5nc(cc1[n-]2)C(C)=C5CC)c(C)c4C(=O)O)C(CCC)=C3C.[Co+2]. The summed E-state index contributed by atoms with van der Waals surface area (Å²) < 4.78 is 0. The van der Waals surface area contributed by atoms with Crippen molar-refractivity contribution >= 4 is 62.4 Å². The van der Waals surface area contributed by atoms with Gasteiger partial charge in [-0.05, 0) is 74.0 Å². The first-order chi connectivity index (χ1) is 20.0. The maximum Gasteiger partial charge on any atom is 2.00 e. The minimum absolute atomic E-state index is 0. The zero-order valence-corrected chi connectivity index (χ0v) is 26.2. The van der Waals surface area contributed by atoms with Crippen molar-refractivity contribution in [2.75, 3.05) is 0 Å². The fraction of sp³-hybridized carbons (Fsp3) is 0.294. The minimum Gasteiger partial charge on any atom is -0.657 e. The number of carbonyl (C=O) groups is 2. The van der Waals surface area contributed by atoms with E-state index in [1.807, 2.05) is 39.8 Å². The number of nitrogens with zero attached hydrogens (tertiary/aromatic N) is 4. The van der Waals surface area contributed by atoms with E-state index in [4.69, 9.17) is 19.9 Å². The Balaban J connectivity index is 0.00000423. The largest absolute Gasteiger partial charge is 2.00 e. The van der Waals surface area contributed by atoms with Gasteiger partial charge < -0.3 is 20.2 Å². The summed E-state index contributed by atoms with van der Waals surface area (Å²) in [7, 11) is 0. The normalized spacial score (nSPS) is 12.9. The van der Waals surface area contributed by atoms with Crippen molar-refractivity contribution in [3.05, 3.63) is 75.4 Å². The van der Waals surface area contributed by atoms with Crippen molar-refractivity contribution in [2.45, 2.75) is 67.2 Å². The number of aromatic carboxylic acids is 1. The van der Waals surface area contributed by atoms with Crippen LogP contribution in [0.3, 0.4) is 0 Å². The Labute approximate surface area is 260 Å². The van der Waals surface area contributed by atoms with Gasteiger partial charge >= 0.3 is 28.7 Å². The van der Waals surface area contributed by atoms with Crippen LogP contribution in [0, 0.1) is 13.8 Å². The Bertz CT molecular complexity index is 1920. The molecule has 223 valence electrons. The van der Waals surface area contributed by atoms with Gasteiger partial charge in [0.25, 0.3) is 0 Å². The summed E-state index contributed by atoms with van der Waals surface area (Å²) in [6.45, 7) is 15.8. The van der Waals surface area contributed by atoms with E-state index >= 15 is 0 Å². The first-order valence-corrected chi connectivity index (χ1v) is 14.2. The summed E-state index contributed by atoms with van der Waals surface area (Å²) in [4.78, 5) is 44.5. The number of fused-ring (bicyclic) bond motifs is 8. The van der Waals surface area contributed by atoms with Gasteiger partial charge in [0.2, 0.25) is 0 Å². The number of carboxylic acid groups (broad SMARTS) is 2. The zero-order valence-electron chi connectivity index (χ0n) is 25.2. The predicted molar refractivity (Wildman–Crippen MR) is 167 cm³/mol. The molecule has 3 aromatic rings. The standard InChI is InChI=1S/C34H36N4O4.Co/c1-8-11-22-18(6)26-13-24-16(4)20(9-2)28(35-24)14-25-17(5)21(10-3)29(36-25)15-27-19(7)31(34(41)42)33(38-27)23(12-30(39)40)32(22)37-26;/h9,13-15H,2,8,10-12H2,1,3-7H3,(H4,35,36,37,38,39,40,41,42);/q;+2/p-2. The second kappa shape index (κ2) is 12.2. The molecular formula is C34H34CoN4O4. The van der Waals surface area contributed by atoms with E-state index in [2.05, 4.69) is 13.5 Å². The van der Waals surface area contributed by atoms with E-state index in [0.29, 0.717) is 41.0 Å². The smallest absolute Gasteiger partial charge is 0.657 e. The first-order valence-electron chi connectivity index (χ1n) is 14.2. The van der Waals surface area contributed by atoms with Crippen LogP contribution in [0.5, 0.6) is 0 Å². The third-order valence-electron chi connectivity index (χ3n) is 8.27. The number of rotatable bonds is 7. The molecule has 5 rings (SSSR count). The molecule has 43 heavy (non-hydrogen) atoms. The molecule has 2 aliphatic heterocycles. The number of aryl methyl sites for hydroxylation is 2. The molecule has 0 aliphatic carbocycles. The van der Waals surface area contributed by atoms with Crippen LogP contribution in [0.25, 0.3) is 50.4 Å². The number of carboxylic acids is 2. The van der Waals surface area contributed by atoms with Crippen LogP contribution in [0.15, 0.2) is 24.8 Å². The summed E-state index contributed by atoms with van der Waals surface area (Å²) in [5.41, 5.74) is 11.1. The maximum absolute atomic E-state index is 12.6. The Morgan fingerprint density at radius 3 is 2.07 bits per heavy atom. The van der Waals surface area contributed by atoms with Gasteiger partial charge in [-0.15, -0.1) is 22.1 Å². The van der Waals surface area contributed by atoms with Crippen LogP contribution < -0.4 is 9.97 Å². The quantitative estimate of drug-likeness (QED) is 0.283. The number of allylic oxidation sites excluding steroid dienone is 4. The van der Waals surface area contributed by atoms with Crippen molar-refractivity contribution in [2.24, 2.45) is 0 Å². The van der Waals surface area contributed by atoms with Gasteiger partial charge in [-0.3, -0.25) is 4.79 Å². The molecule has 0 fully saturated rings. The van der Waals surface area contributed by atoms with E-state index < -0.39 is 18.4 Å². The summed E-state index contributed by atoms with van der Waals surface area (Å²) in [6, 6.07) is 5.69. The van der Waals surface area contributed by atoms with Gasteiger partial charge in [0.05, 0.1) is 29.2 Å². The number of aliphatic carboxylic acids is 1. The molecule has 8 bridgehead atoms. The number of aromatic nitrogens is 4. The predicted octanol–water partition coefficient (Wildman–Crippen LogP) is 7.23. The molecule has 0 saturated carbocycles. The van der Waals surface area contributed by atoms with Gasteiger partial charge in [0, 0.05) is 5.56 Å². The maximum atomic E-state index is 12.6. The summed E-state index contributed by atoms with van der Waals surface area (Å²) in [6.07, 6.45) is 3.54. The summed E-state index contributed by atoms with van der Waals surface area (Å²) in [5, 5.41) is 20.3. The number of hydrogen-bond donors (Lipinski definition) is 2. The third kappa shape index (κ3) is 5.39. The molecule has 0 saturated heterocycles. The van der Waals surface area contributed by atoms with Gasteiger partial charge in [-0.25, -0.2) is 14.8 Å². The van der Waals surface area contributed by atoms with Crippen LogP contribution in [-0.2, 0) is 28.0 Å². The second-order valence-electron chi connectivity index (χ2n) is 10.8. The zero-order chi connectivity index (χ0) is 30.5. The Morgan fingerprint density at radius 2 is 1.47 bits per heavy atom. The molecule has 5 heterocycles. The van der Waals surface area contributed by atoms with Crippen molar-refractivity contribution in [3.63, 3.8) is 0 Å². The average Bonchev–Trinajstić information content (AvgIpc) is 3.61. The number of hydrogen-bond acceptors (Lipinski definition) is 4. The van der Waals surface area contributed by atoms with Crippen molar-refractivity contribution < 1.29 is 36.6 Å². The molecule has 9 heteroatoms. The molecule has 2 aliphatic rings. The van der Waals surface area contributed by atoms with Gasteiger partial charge in [0.1, 0.15) is 0 Å². The molecule has 0 spiro atoms. The fourth-order valence-electron chi connectivity index (χ4n) is 6.00. The molecule has 1 radical (unpaired) electrons. The average molecular weight is 622 g/mol. The van der Waals surface area contributed by atoms with E-state index in [9.17, 15) is 19.8 Å². The molecule has 3 aromatic heterocycles. The van der Waals surface area contributed by atoms with Crippen LogP contribution in [0.4, 0.5) is 0 Å². The van der Waals surface area contributed by atoms with E-state index in [1.165, 1.54) is 0 Å². The van der Waals surface area contributed by atoms with Gasteiger partial charge in [-0.2, -0.15) is 0 Å². The minimum atomic E-state index is -1.17. The molecule has 2 N–H and O–H groups in total. The first kappa shape index (κ1) is 31.7. The topological polar surface area (TPSA) is 129 Å². The Kier molecular flexibility index (Phi) is 8.99. The van der Waals surface area contributed by atoms with E-state index in [-0.39, 0.29) is 33.4 Å². The second-order valence-corrected chi connectivity index (χ2v) is 10.8. The molecule has 0 unspecified atom stereocenters. The monoisotopic (exact) mass is 621 g/mol. The molecule has 8 nitrogen and oxygen atoms in total. The van der Waals surface area contributed by atoms with Crippen molar-refractivity contribution in [1.29, 1.82) is 0 Å². The Morgan fingerprint density at radius 1 is 0.860 bits per heavy atom. The van der Waals surface area contributed by atoms with Crippen LogP contribution in [0.1, 0.15) is 102 Å². The molecule has 0 aromatic carbocycles. The van der Waals surface area contributed by atoms with E-state index in [0.717, 1.165) is 56.6 Å².